The molecule has 0 aliphatic carbocycles. The molecular formula is C25H25BrN2O2. The lowest BCUT2D eigenvalue weighted by Crippen LogP contribution is -3.00. The summed E-state index contributed by atoms with van der Waals surface area (Å²) in [6.07, 6.45) is 1.91. The average molecular weight is 465 g/mol. The number of hydrogen-bond donors (Lipinski definition) is 1. The number of aliphatic hydroxyl groups is 1. The Labute approximate surface area is 187 Å². The molecule has 4 nitrogen and oxygen atoms in total. The summed E-state index contributed by atoms with van der Waals surface area (Å²) in [6.45, 7) is 1.18. The van der Waals surface area contributed by atoms with Crippen molar-refractivity contribution in [2.24, 2.45) is 0 Å². The van der Waals surface area contributed by atoms with Gasteiger partial charge in [0.1, 0.15) is 18.0 Å². The van der Waals surface area contributed by atoms with Crippen molar-refractivity contribution in [3.63, 3.8) is 0 Å². The molecule has 3 aromatic rings. The van der Waals surface area contributed by atoms with E-state index in [1.165, 1.54) is 22.6 Å². The zero-order valence-electron chi connectivity index (χ0n) is 17.0. The lowest BCUT2D eigenvalue weighted by atomic mass is 10.00. The summed E-state index contributed by atoms with van der Waals surface area (Å²) in [7, 11) is 1.66. The molecule has 0 fully saturated rings. The number of ether oxygens (including phenoxy) is 1. The van der Waals surface area contributed by atoms with Crippen molar-refractivity contribution < 1.29 is 31.4 Å². The summed E-state index contributed by atoms with van der Waals surface area (Å²) in [5.74, 6) is 1.98. The summed E-state index contributed by atoms with van der Waals surface area (Å²) < 4.78 is 7.50. The number of fused-ring (bicyclic) bond motifs is 3. The van der Waals surface area contributed by atoms with Crippen LogP contribution in [-0.2, 0) is 18.7 Å². The first-order valence-corrected chi connectivity index (χ1v) is 10.1. The zero-order valence-corrected chi connectivity index (χ0v) is 18.5. The molecule has 0 aromatic heterocycles. The predicted molar refractivity (Wildman–Crippen MR) is 114 cm³/mol. The fourth-order valence-electron chi connectivity index (χ4n) is 4.58. The van der Waals surface area contributed by atoms with Gasteiger partial charge in [0.25, 0.3) is 11.6 Å². The number of aryl methyl sites for hydroxylation is 1. The van der Waals surface area contributed by atoms with Gasteiger partial charge in [-0.3, -0.25) is 0 Å². The highest BCUT2D eigenvalue weighted by Gasteiger charge is 2.53. The first kappa shape index (κ1) is 20.6. The molecular weight excluding hydrogens is 440 g/mol. The Morgan fingerprint density at radius 1 is 0.933 bits per heavy atom. The maximum Gasteiger partial charge on any atom is 0.271 e. The molecule has 2 aliphatic heterocycles. The van der Waals surface area contributed by atoms with Crippen molar-refractivity contribution in [2.45, 2.75) is 25.1 Å². The summed E-state index contributed by atoms with van der Waals surface area (Å²) in [6, 6.07) is 26.7. The number of halogens is 1. The minimum Gasteiger partial charge on any atom is -1.00 e. The van der Waals surface area contributed by atoms with E-state index in [1.54, 1.807) is 7.11 Å². The van der Waals surface area contributed by atoms with Gasteiger partial charge < -0.3 is 26.8 Å². The lowest BCUT2D eigenvalue weighted by molar-refractivity contribution is -0.671. The van der Waals surface area contributed by atoms with Crippen LogP contribution in [-0.4, -0.2) is 29.2 Å². The van der Waals surface area contributed by atoms with Crippen LogP contribution in [0.3, 0.4) is 0 Å². The van der Waals surface area contributed by atoms with Gasteiger partial charge in [-0.25, -0.2) is 9.48 Å². The average Bonchev–Trinajstić information content (AvgIpc) is 3.07. The highest BCUT2D eigenvalue weighted by Crippen LogP contribution is 2.39. The summed E-state index contributed by atoms with van der Waals surface area (Å²) in [4.78, 5) is 2.30. The number of methoxy groups -OCH3 is 1. The fourth-order valence-corrected chi connectivity index (χ4v) is 4.58. The van der Waals surface area contributed by atoms with Gasteiger partial charge in [0.2, 0.25) is 0 Å². The zero-order chi connectivity index (χ0) is 19.8. The second kappa shape index (κ2) is 8.25. The molecule has 0 bridgehead atoms. The molecule has 0 spiro atoms. The van der Waals surface area contributed by atoms with Crippen molar-refractivity contribution in [1.29, 1.82) is 0 Å². The van der Waals surface area contributed by atoms with Crippen molar-refractivity contribution in [3.8, 4) is 5.75 Å². The molecule has 1 atom stereocenters. The molecule has 154 valence electrons. The second-order valence-electron chi connectivity index (χ2n) is 7.75. The van der Waals surface area contributed by atoms with Crippen LogP contribution in [0, 0.1) is 0 Å². The van der Waals surface area contributed by atoms with Gasteiger partial charge >= 0.3 is 0 Å². The third-order valence-electron chi connectivity index (χ3n) is 6.08. The van der Waals surface area contributed by atoms with Gasteiger partial charge in [0.05, 0.1) is 13.5 Å². The predicted octanol–water partition coefficient (Wildman–Crippen LogP) is 0.922. The van der Waals surface area contributed by atoms with Crippen LogP contribution in [0.4, 0.5) is 5.69 Å². The van der Waals surface area contributed by atoms with Gasteiger partial charge in [-0.15, -0.1) is 0 Å². The minimum absolute atomic E-state index is 0. The van der Waals surface area contributed by atoms with E-state index >= 15 is 0 Å². The van der Waals surface area contributed by atoms with Gasteiger partial charge in [0, 0.05) is 5.56 Å². The molecule has 1 N–H and O–H groups in total. The fraction of sp³-hybridized carbons (Fsp3) is 0.240. The van der Waals surface area contributed by atoms with Crippen LogP contribution >= 0.6 is 0 Å². The summed E-state index contributed by atoms with van der Waals surface area (Å²) >= 11 is 0. The van der Waals surface area contributed by atoms with Gasteiger partial charge in [0.15, 0.2) is 6.54 Å². The van der Waals surface area contributed by atoms with Gasteiger partial charge in [-0.1, -0.05) is 48.5 Å². The van der Waals surface area contributed by atoms with E-state index in [4.69, 9.17) is 4.74 Å². The van der Waals surface area contributed by atoms with E-state index in [1.807, 2.05) is 30.3 Å². The summed E-state index contributed by atoms with van der Waals surface area (Å²) in [5.41, 5.74) is 3.52. The Bertz CT molecular complexity index is 1070. The molecule has 2 aliphatic rings. The first-order valence-electron chi connectivity index (χ1n) is 10.1. The molecule has 30 heavy (non-hydrogen) atoms. The largest absolute Gasteiger partial charge is 1.00 e. The molecule has 3 aromatic carbocycles. The topological polar surface area (TPSA) is 35.7 Å². The molecule has 5 rings (SSSR count). The minimum atomic E-state index is -1.10. The smallest absolute Gasteiger partial charge is 0.271 e. The highest BCUT2D eigenvalue weighted by molar-refractivity contribution is 5.98. The quantitative estimate of drug-likeness (QED) is 0.583. The van der Waals surface area contributed by atoms with Crippen LogP contribution in [0.1, 0.15) is 23.1 Å². The lowest BCUT2D eigenvalue weighted by Gasteiger charge is -2.24. The number of amidine groups is 1. The number of benzene rings is 3. The van der Waals surface area contributed by atoms with Gasteiger partial charge in [-0.05, 0) is 47.9 Å². The Hall–Kier alpha value is -2.63. The van der Waals surface area contributed by atoms with Crippen LogP contribution in [0.2, 0.25) is 0 Å². The molecule has 0 amide bonds. The third-order valence-corrected chi connectivity index (χ3v) is 6.08. The van der Waals surface area contributed by atoms with E-state index in [-0.39, 0.29) is 17.0 Å². The number of para-hydroxylation sites is 1. The van der Waals surface area contributed by atoms with E-state index < -0.39 is 5.72 Å². The normalized spacial score (nSPS) is 19.7. The monoisotopic (exact) mass is 464 g/mol. The third kappa shape index (κ3) is 3.42. The maximum absolute atomic E-state index is 12.0. The van der Waals surface area contributed by atoms with Crippen LogP contribution in [0.15, 0.2) is 78.9 Å². The van der Waals surface area contributed by atoms with E-state index in [2.05, 4.69) is 58.0 Å². The number of hydrogen-bond acceptors (Lipinski definition) is 3. The Morgan fingerprint density at radius 2 is 1.63 bits per heavy atom. The highest BCUT2D eigenvalue weighted by atomic mass is 79.9. The molecule has 0 radical (unpaired) electrons. The van der Waals surface area contributed by atoms with Crippen LogP contribution in [0.25, 0.3) is 0 Å². The van der Waals surface area contributed by atoms with Crippen molar-refractivity contribution in [2.75, 3.05) is 18.6 Å². The molecule has 0 saturated carbocycles. The van der Waals surface area contributed by atoms with Crippen molar-refractivity contribution in [3.05, 3.63) is 95.6 Å². The molecule has 2 heterocycles. The van der Waals surface area contributed by atoms with Gasteiger partial charge in [-0.2, -0.15) is 0 Å². The first-order chi connectivity index (χ1) is 14.2. The van der Waals surface area contributed by atoms with Crippen LogP contribution in [0.5, 0.6) is 5.75 Å². The number of rotatable bonds is 4. The molecule has 0 saturated heterocycles. The van der Waals surface area contributed by atoms with E-state index in [9.17, 15) is 5.11 Å². The Balaban J connectivity index is 0.00000218. The maximum atomic E-state index is 12.0. The Morgan fingerprint density at radius 3 is 2.37 bits per heavy atom. The molecule has 1 unspecified atom stereocenters. The summed E-state index contributed by atoms with van der Waals surface area (Å²) in [5, 5.41) is 12.0. The number of nitrogens with zero attached hydrogens (tertiary/aromatic N) is 2. The van der Waals surface area contributed by atoms with Crippen molar-refractivity contribution in [1.82, 2.24) is 0 Å². The second-order valence-corrected chi connectivity index (χ2v) is 7.75. The van der Waals surface area contributed by atoms with Crippen molar-refractivity contribution >= 4 is 11.5 Å². The molecule has 5 heteroatoms. The van der Waals surface area contributed by atoms with E-state index in [0.29, 0.717) is 13.1 Å². The number of anilines is 1. The SMILES string of the molecule is COc1ccc(C2(O)CN3C(=[N+]2Cc2ccccc2)CCc2ccccc23)cc1.[Br-]. The Kier molecular flexibility index (Phi) is 5.67. The standard InChI is InChI=1S/C25H25N2O2.BrH/c1-29-22-14-12-21(13-15-22)25(28)18-26-23-10-6-5-9-20(23)11-16-24(26)27(25)17-19-7-3-2-4-8-19;/h2-10,12-15,28H,11,16-18H2,1H3;1H/q+1;/p-1. The van der Waals surface area contributed by atoms with E-state index in [0.717, 1.165) is 24.2 Å². The van der Waals surface area contributed by atoms with Crippen LogP contribution < -0.4 is 26.6 Å².